The predicted molar refractivity (Wildman–Crippen MR) is 161 cm³/mol. The molecule has 0 radical (unpaired) electrons. The Hall–Kier alpha value is -4.75. The zero-order valence-corrected chi connectivity index (χ0v) is 22.7. The number of fused-ring (bicyclic) bond motifs is 5. The second-order valence-electron chi connectivity index (χ2n) is 11.0. The number of methoxy groups -OCH3 is 1. The molecule has 0 fully saturated rings. The van der Waals surface area contributed by atoms with Crippen LogP contribution in [-0.2, 0) is 0 Å². The van der Waals surface area contributed by atoms with Gasteiger partial charge in [-0.25, -0.2) is 0 Å². The molecule has 1 aliphatic rings. The van der Waals surface area contributed by atoms with Crippen LogP contribution in [0.5, 0.6) is 5.75 Å². The maximum atomic E-state index is 10.7. The molecule has 0 bridgehead atoms. The summed E-state index contributed by atoms with van der Waals surface area (Å²) in [5.41, 5.74) is 7.80. The van der Waals surface area contributed by atoms with Gasteiger partial charge in [-0.2, -0.15) is 5.26 Å². The number of nitrogens with one attached hydrogen (secondary N) is 1. The van der Waals surface area contributed by atoms with Crippen LogP contribution in [-0.4, -0.2) is 12.6 Å². The fourth-order valence-corrected chi connectivity index (χ4v) is 5.76. The second-order valence-corrected chi connectivity index (χ2v) is 11.0. The maximum Gasteiger partial charge on any atom is 0.118 e. The lowest BCUT2D eigenvalue weighted by atomic mass is 9.80. The molecule has 192 valence electrons. The zero-order valence-electron chi connectivity index (χ0n) is 22.7. The molecule has 1 atom stereocenters. The van der Waals surface area contributed by atoms with Crippen molar-refractivity contribution in [1.82, 2.24) is 0 Å². The monoisotopic (exact) mass is 509 g/mol. The van der Waals surface area contributed by atoms with Gasteiger partial charge in [0, 0.05) is 27.6 Å². The van der Waals surface area contributed by atoms with Crippen LogP contribution < -0.4 is 15.0 Å². The molecule has 4 heteroatoms. The van der Waals surface area contributed by atoms with Crippen LogP contribution >= 0.6 is 0 Å². The van der Waals surface area contributed by atoms with Gasteiger partial charge in [0.25, 0.3) is 0 Å². The van der Waals surface area contributed by atoms with Gasteiger partial charge in [0.2, 0.25) is 0 Å². The van der Waals surface area contributed by atoms with Crippen molar-refractivity contribution in [3.63, 3.8) is 0 Å². The van der Waals surface area contributed by atoms with Gasteiger partial charge >= 0.3 is 0 Å². The Kier molecular flexibility index (Phi) is 6.00. The van der Waals surface area contributed by atoms with E-state index in [0.29, 0.717) is 5.56 Å². The van der Waals surface area contributed by atoms with E-state index >= 15 is 0 Å². The minimum atomic E-state index is -0.221. The summed E-state index contributed by atoms with van der Waals surface area (Å²) in [6, 6.07) is 38.3. The average Bonchev–Trinajstić information content (AvgIpc) is 2.96. The highest BCUT2D eigenvalue weighted by Gasteiger charge is 2.37. The number of nitriles is 1. The van der Waals surface area contributed by atoms with Crippen molar-refractivity contribution in [3.8, 4) is 22.9 Å². The standard InChI is InChI=1S/C35H31N3O/c1-35(2,3)37-32-27-15-9-11-17-29(27)34-31(30(32)22-36)26-14-8-10-16-28(26)33(23-18-20-25(39-4)21-19-23)38(34)24-12-6-5-7-13-24/h5-21,33,37H,1-4H3/t33-/m0/s1. The molecular weight excluding hydrogens is 478 g/mol. The lowest BCUT2D eigenvalue weighted by Crippen LogP contribution is -2.31. The van der Waals surface area contributed by atoms with E-state index in [4.69, 9.17) is 4.74 Å². The molecule has 0 aliphatic carbocycles. The highest BCUT2D eigenvalue weighted by Crippen LogP contribution is 2.56. The van der Waals surface area contributed by atoms with E-state index < -0.39 is 0 Å². The van der Waals surface area contributed by atoms with E-state index in [-0.39, 0.29) is 11.6 Å². The third-order valence-corrected chi connectivity index (χ3v) is 7.29. The summed E-state index contributed by atoms with van der Waals surface area (Å²) >= 11 is 0. The van der Waals surface area contributed by atoms with Gasteiger partial charge < -0.3 is 15.0 Å². The van der Waals surface area contributed by atoms with E-state index in [1.54, 1.807) is 7.11 Å². The fraction of sp³-hybridized carbons (Fsp3) is 0.171. The lowest BCUT2D eigenvalue weighted by molar-refractivity contribution is 0.414. The van der Waals surface area contributed by atoms with Gasteiger partial charge in [0.05, 0.1) is 30.1 Å². The maximum absolute atomic E-state index is 10.7. The smallest absolute Gasteiger partial charge is 0.118 e. The van der Waals surface area contributed by atoms with Gasteiger partial charge in [-0.3, -0.25) is 0 Å². The SMILES string of the molecule is COc1ccc([C@H]2c3ccccc3-c3c(C#N)c(NC(C)(C)C)c4ccccc4c3N2c2ccccc2)cc1. The quantitative estimate of drug-likeness (QED) is 0.263. The Morgan fingerprint density at radius 1 is 0.795 bits per heavy atom. The Balaban J connectivity index is 1.77. The molecule has 0 amide bonds. The molecule has 5 aromatic carbocycles. The first-order valence-corrected chi connectivity index (χ1v) is 13.3. The fourth-order valence-electron chi connectivity index (χ4n) is 5.76. The Morgan fingerprint density at radius 2 is 1.44 bits per heavy atom. The largest absolute Gasteiger partial charge is 0.497 e. The average molecular weight is 510 g/mol. The number of nitrogens with zero attached hydrogens (tertiary/aromatic N) is 2. The molecule has 0 unspecified atom stereocenters. The van der Waals surface area contributed by atoms with Crippen LogP contribution in [0.15, 0.2) is 103 Å². The van der Waals surface area contributed by atoms with E-state index in [2.05, 4.69) is 116 Å². The Bertz CT molecular complexity index is 1710. The Morgan fingerprint density at radius 3 is 2.10 bits per heavy atom. The van der Waals surface area contributed by atoms with Crippen molar-refractivity contribution in [3.05, 3.63) is 120 Å². The molecule has 0 spiro atoms. The molecule has 39 heavy (non-hydrogen) atoms. The topological polar surface area (TPSA) is 48.3 Å². The number of rotatable bonds is 4. The number of ether oxygens (including phenoxy) is 1. The van der Waals surface area contributed by atoms with Crippen molar-refractivity contribution in [1.29, 1.82) is 5.26 Å². The van der Waals surface area contributed by atoms with Crippen LogP contribution in [0, 0.1) is 11.3 Å². The summed E-state index contributed by atoms with van der Waals surface area (Å²) in [5.74, 6) is 0.824. The molecule has 1 aliphatic heterocycles. The van der Waals surface area contributed by atoms with Crippen LogP contribution in [0.3, 0.4) is 0 Å². The van der Waals surface area contributed by atoms with Gasteiger partial charge in [0.1, 0.15) is 11.8 Å². The van der Waals surface area contributed by atoms with Gasteiger partial charge in [-0.05, 0) is 61.7 Å². The number of anilines is 3. The summed E-state index contributed by atoms with van der Waals surface area (Å²) in [7, 11) is 1.69. The molecule has 6 rings (SSSR count). The van der Waals surface area contributed by atoms with Crippen LogP contribution in [0.4, 0.5) is 17.1 Å². The number of para-hydroxylation sites is 1. The van der Waals surface area contributed by atoms with Crippen molar-refractivity contribution < 1.29 is 4.74 Å². The molecular formula is C35H31N3O. The van der Waals surface area contributed by atoms with Gasteiger partial charge in [-0.1, -0.05) is 78.9 Å². The van der Waals surface area contributed by atoms with Crippen molar-refractivity contribution in [2.45, 2.75) is 32.4 Å². The van der Waals surface area contributed by atoms with Crippen molar-refractivity contribution >= 4 is 27.8 Å². The highest BCUT2D eigenvalue weighted by atomic mass is 16.5. The number of benzene rings is 5. The minimum Gasteiger partial charge on any atom is -0.497 e. The van der Waals surface area contributed by atoms with Crippen molar-refractivity contribution in [2.24, 2.45) is 0 Å². The first kappa shape index (κ1) is 24.6. The van der Waals surface area contributed by atoms with Crippen molar-refractivity contribution in [2.75, 3.05) is 17.3 Å². The minimum absolute atomic E-state index is 0.0987. The van der Waals surface area contributed by atoms with Gasteiger partial charge in [-0.15, -0.1) is 0 Å². The summed E-state index contributed by atoms with van der Waals surface area (Å²) in [5, 5.41) is 16.6. The van der Waals surface area contributed by atoms with E-state index in [0.717, 1.165) is 55.8 Å². The van der Waals surface area contributed by atoms with Crippen LogP contribution in [0.25, 0.3) is 21.9 Å². The van der Waals surface area contributed by atoms with E-state index in [9.17, 15) is 5.26 Å². The number of hydrogen-bond acceptors (Lipinski definition) is 4. The van der Waals surface area contributed by atoms with Crippen LogP contribution in [0.1, 0.15) is 43.5 Å². The highest BCUT2D eigenvalue weighted by molar-refractivity contribution is 6.14. The molecule has 1 N–H and O–H groups in total. The third kappa shape index (κ3) is 4.17. The lowest BCUT2D eigenvalue weighted by Gasteiger charge is -2.42. The van der Waals surface area contributed by atoms with E-state index in [1.807, 2.05) is 24.3 Å². The number of hydrogen-bond donors (Lipinski definition) is 1. The third-order valence-electron chi connectivity index (χ3n) is 7.29. The van der Waals surface area contributed by atoms with Gasteiger partial charge in [0.15, 0.2) is 0 Å². The summed E-state index contributed by atoms with van der Waals surface area (Å²) in [4.78, 5) is 2.41. The Labute approximate surface area is 230 Å². The summed E-state index contributed by atoms with van der Waals surface area (Å²) in [6.07, 6.45) is 0. The molecule has 5 aromatic rings. The molecule has 4 nitrogen and oxygen atoms in total. The predicted octanol–water partition coefficient (Wildman–Crippen LogP) is 8.84. The normalized spacial score (nSPS) is 14.3. The molecule has 0 saturated heterocycles. The molecule has 0 saturated carbocycles. The van der Waals surface area contributed by atoms with Crippen LogP contribution in [0.2, 0.25) is 0 Å². The second kappa shape index (κ2) is 9.53. The molecule has 1 heterocycles. The summed E-state index contributed by atoms with van der Waals surface area (Å²) in [6.45, 7) is 6.39. The zero-order chi connectivity index (χ0) is 27.1. The first-order chi connectivity index (χ1) is 18.9. The molecule has 0 aromatic heterocycles. The van der Waals surface area contributed by atoms with E-state index in [1.165, 1.54) is 0 Å². The first-order valence-electron chi connectivity index (χ1n) is 13.3. The summed E-state index contributed by atoms with van der Waals surface area (Å²) < 4.78 is 5.48.